The summed E-state index contributed by atoms with van der Waals surface area (Å²) < 4.78 is 1.06. The smallest absolute Gasteiger partial charge is 0.325 e. The summed E-state index contributed by atoms with van der Waals surface area (Å²) in [4.78, 5) is 43.1. The molecule has 2 N–H and O–H groups in total. The van der Waals surface area contributed by atoms with Gasteiger partial charge >= 0.3 is 6.03 Å². The molecule has 0 unspecified atom stereocenters. The van der Waals surface area contributed by atoms with Crippen LogP contribution < -0.4 is 10.6 Å². The quantitative estimate of drug-likeness (QED) is 0.755. The van der Waals surface area contributed by atoms with Crippen LogP contribution in [0, 0.1) is 5.92 Å². The Morgan fingerprint density at radius 3 is 2.79 bits per heavy atom. The van der Waals surface area contributed by atoms with Crippen LogP contribution in [0.5, 0.6) is 0 Å². The Morgan fingerprint density at radius 2 is 2.07 bits per heavy atom. The minimum Gasteiger partial charge on any atom is -0.348 e. The van der Waals surface area contributed by atoms with Gasteiger partial charge in [-0.25, -0.2) is 9.78 Å². The van der Waals surface area contributed by atoms with E-state index in [1.807, 2.05) is 24.3 Å². The van der Waals surface area contributed by atoms with Crippen molar-refractivity contribution >= 4 is 39.4 Å². The second-order valence-corrected chi connectivity index (χ2v) is 8.72. The number of amides is 4. The van der Waals surface area contributed by atoms with Crippen LogP contribution in [0.25, 0.3) is 10.2 Å². The van der Waals surface area contributed by atoms with E-state index in [0.29, 0.717) is 18.8 Å². The molecule has 7 nitrogen and oxygen atoms in total. The van der Waals surface area contributed by atoms with Crippen molar-refractivity contribution in [2.45, 2.75) is 51.1 Å². The highest BCUT2D eigenvalue weighted by atomic mass is 32.1. The lowest BCUT2D eigenvalue weighted by Crippen LogP contribution is -2.50. The summed E-state index contributed by atoms with van der Waals surface area (Å²) in [5.74, 6) is -0.00859. The first kappa shape index (κ1) is 18.9. The van der Waals surface area contributed by atoms with Gasteiger partial charge in [-0.05, 0) is 43.7 Å². The molecule has 1 saturated carbocycles. The molecule has 1 aliphatic heterocycles. The Bertz CT molecular complexity index is 884. The Balaban J connectivity index is 1.35. The molecule has 2 heterocycles. The number of thiazole rings is 1. The fourth-order valence-electron chi connectivity index (χ4n) is 4.11. The number of carbonyl (C=O) groups excluding carboxylic acids is 3. The van der Waals surface area contributed by atoms with Crippen LogP contribution >= 0.6 is 11.3 Å². The molecule has 0 bridgehead atoms. The van der Waals surface area contributed by atoms with E-state index in [1.165, 1.54) is 11.3 Å². The molecule has 1 aromatic carbocycles. The van der Waals surface area contributed by atoms with Gasteiger partial charge in [0.05, 0.1) is 16.8 Å². The van der Waals surface area contributed by atoms with Gasteiger partial charge in [0.2, 0.25) is 5.91 Å². The van der Waals surface area contributed by atoms with Crippen LogP contribution in [0.1, 0.15) is 44.0 Å². The van der Waals surface area contributed by atoms with Crippen LogP contribution in [-0.4, -0.2) is 39.8 Å². The van der Waals surface area contributed by atoms with Crippen molar-refractivity contribution in [1.82, 2.24) is 20.5 Å². The van der Waals surface area contributed by atoms with Crippen molar-refractivity contribution in [3.05, 3.63) is 29.3 Å². The van der Waals surface area contributed by atoms with Crippen LogP contribution in [-0.2, 0) is 16.1 Å². The van der Waals surface area contributed by atoms with E-state index in [2.05, 4.69) is 22.5 Å². The van der Waals surface area contributed by atoms with Gasteiger partial charge in [0, 0.05) is 0 Å². The molecule has 0 atom stereocenters. The van der Waals surface area contributed by atoms with Crippen molar-refractivity contribution in [2.75, 3.05) is 6.54 Å². The number of carbonyl (C=O) groups is 3. The zero-order chi connectivity index (χ0) is 19.7. The molecular weight excluding hydrogens is 376 g/mol. The number of benzene rings is 1. The van der Waals surface area contributed by atoms with Crippen LogP contribution in [0.2, 0.25) is 0 Å². The molecular formula is C20H24N4O3S. The summed E-state index contributed by atoms with van der Waals surface area (Å²) in [6.45, 7) is 2.18. The molecule has 8 heteroatoms. The van der Waals surface area contributed by atoms with Crippen molar-refractivity contribution in [2.24, 2.45) is 5.92 Å². The number of nitrogens with zero attached hydrogens (tertiary/aromatic N) is 2. The summed E-state index contributed by atoms with van der Waals surface area (Å²) in [5, 5.41) is 6.42. The van der Waals surface area contributed by atoms with Crippen LogP contribution in [0.4, 0.5) is 4.79 Å². The number of hydrogen-bond acceptors (Lipinski definition) is 5. The van der Waals surface area contributed by atoms with Gasteiger partial charge in [-0.3, -0.25) is 14.5 Å². The molecule has 1 saturated heterocycles. The van der Waals surface area contributed by atoms with E-state index in [9.17, 15) is 14.4 Å². The van der Waals surface area contributed by atoms with E-state index < -0.39 is 11.6 Å². The van der Waals surface area contributed by atoms with Crippen LogP contribution in [0.3, 0.4) is 0 Å². The first-order valence-corrected chi connectivity index (χ1v) is 10.6. The van der Waals surface area contributed by atoms with E-state index in [0.717, 1.165) is 39.4 Å². The lowest BCUT2D eigenvalue weighted by atomic mass is 9.75. The number of para-hydroxylation sites is 1. The molecule has 28 heavy (non-hydrogen) atoms. The Hall–Kier alpha value is -2.48. The second kappa shape index (κ2) is 7.50. The SMILES string of the molecule is CCC1CCC2(CC1)NC(=O)N(CC(=O)NCc1nc3ccccc3s1)C2=O. The summed E-state index contributed by atoms with van der Waals surface area (Å²) in [6.07, 6.45) is 4.26. The first-order chi connectivity index (χ1) is 13.5. The molecule has 1 aromatic heterocycles. The summed E-state index contributed by atoms with van der Waals surface area (Å²) >= 11 is 1.52. The maximum atomic E-state index is 12.9. The Morgan fingerprint density at radius 1 is 1.32 bits per heavy atom. The number of imide groups is 1. The Labute approximate surface area is 167 Å². The number of hydrogen-bond donors (Lipinski definition) is 2. The standard InChI is InChI=1S/C20H24N4O3S/c1-2-13-7-9-20(10-8-13)18(26)24(19(27)23-20)12-16(25)21-11-17-22-14-5-3-4-6-15(14)28-17/h3-6,13H,2,7-12H2,1H3,(H,21,25)(H,23,27). The highest BCUT2D eigenvalue weighted by Crippen LogP contribution is 2.37. The topological polar surface area (TPSA) is 91.4 Å². The van der Waals surface area contributed by atoms with Gasteiger partial charge in [0.15, 0.2) is 0 Å². The van der Waals surface area contributed by atoms with E-state index in [4.69, 9.17) is 0 Å². The van der Waals surface area contributed by atoms with Gasteiger partial charge in [-0.15, -0.1) is 11.3 Å². The number of nitrogens with one attached hydrogen (secondary N) is 2. The third-order valence-corrected chi connectivity index (χ3v) is 6.90. The van der Waals surface area contributed by atoms with Gasteiger partial charge in [0.1, 0.15) is 17.1 Å². The zero-order valence-electron chi connectivity index (χ0n) is 15.9. The Kier molecular flexibility index (Phi) is 5.05. The lowest BCUT2D eigenvalue weighted by molar-refractivity contribution is -0.136. The average Bonchev–Trinajstić information content (AvgIpc) is 3.21. The van der Waals surface area contributed by atoms with Crippen molar-refractivity contribution in [3.8, 4) is 0 Å². The van der Waals surface area contributed by atoms with E-state index >= 15 is 0 Å². The van der Waals surface area contributed by atoms with Gasteiger partial charge in [-0.1, -0.05) is 25.5 Å². The predicted octanol–water partition coefficient (Wildman–Crippen LogP) is 2.80. The lowest BCUT2D eigenvalue weighted by Gasteiger charge is -2.34. The monoisotopic (exact) mass is 400 g/mol. The van der Waals surface area contributed by atoms with Crippen LogP contribution in [0.15, 0.2) is 24.3 Å². The van der Waals surface area contributed by atoms with Crippen molar-refractivity contribution in [1.29, 1.82) is 0 Å². The summed E-state index contributed by atoms with van der Waals surface area (Å²) in [7, 11) is 0. The molecule has 1 spiro atoms. The molecule has 148 valence electrons. The molecule has 0 radical (unpaired) electrons. The first-order valence-electron chi connectivity index (χ1n) is 9.76. The number of rotatable bonds is 5. The second-order valence-electron chi connectivity index (χ2n) is 7.61. The highest BCUT2D eigenvalue weighted by molar-refractivity contribution is 7.18. The fourth-order valence-corrected chi connectivity index (χ4v) is 5.01. The highest BCUT2D eigenvalue weighted by Gasteiger charge is 2.52. The fraction of sp³-hybridized carbons (Fsp3) is 0.500. The molecule has 2 aromatic rings. The molecule has 4 amide bonds. The molecule has 2 aliphatic rings. The predicted molar refractivity (Wildman–Crippen MR) is 107 cm³/mol. The van der Waals surface area contributed by atoms with Gasteiger partial charge < -0.3 is 10.6 Å². The van der Waals surface area contributed by atoms with Gasteiger partial charge in [0.25, 0.3) is 5.91 Å². The maximum absolute atomic E-state index is 12.9. The largest absolute Gasteiger partial charge is 0.348 e. The third kappa shape index (κ3) is 3.48. The van der Waals surface area contributed by atoms with E-state index in [-0.39, 0.29) is 24.9 Å². The van der Waals surface area contributed by atoms with Crippen molar-refractivity contribution < 1.29 is 14.4 Å². The maximum Gasteiger partial charge on any atom is 0.325 e. The number of aromatic nitrogens is 1. The summed E-state index contributed by atoms with van der Waals surface area (Å²) in [6, 6.07) is 7.32. The number of urea groups is 1. The van der Waals surface area contributed by atoms with E-state index in [1.54, 1.807) is 0 Å². The minimum atomic E-state index is -0.809. The zero-order valence-corrected chi connectivity index (χ0v) is 16.7. The molecule has 2 fully saturated rings. The average molecular weight is 401 g/mol. The number of fused-ring (bicyclic) bond motifs is 1. The molecule has 4 rings (SSSR count). The van der Waals surface area contributed by atoms with Gasteiger partial charge in [-0.2, -0.15) is 0 Å². The molecule has 1 aliphatic carbocycles. The summed E-state index contributed by atoms with van der Waals surface area (Å²) in [5.41, 5.74) is 0.0891. The van der Waals surface area contributed by atoms with Crippen molar-refractivity contribution in [3.63, 3.8) is 0 Å². The minimum absolute atomic E-state index is 0.255. The third-order valence-electron chi connectivity index (χ3n) is 5.86. The normalized spacial score (nSPS) is 24.8.